The zero-order chi connectivity index (χ0) is 16.2. The molecule has 0 bridgehead atoms. The van der Waals surface area contributed by atoms with Crippen molar-refractivity contribution in [2.75, 3.05) is 0 Å². The Hall–Kier alpha value is -2.58. The highest BCUT2D eigenvalue weighted by Gasteiger charge is 2.11. The number of hydrogen-bond acceptors (Lipinski definition) is 4. The third-order valence-corrected chi connectivity index (χ3v) is 2.72. The number of aryl methyl sites for hydroxylation is 1. The minimum Gasteiger partial charge on any atom is -0.443 e. The molecule has 0 saturated carbocycles. The van der Waals surface area contributed by atoms with Crippen molar-refractivity contribution in [2.24, 2.45) is 0 Å². The van der Waals surface area contributed by atoms with Crippen molar-refractivity contribution < 1.29 is 14.3 Å². The topological polar surface area (TPSA) is 75.4 Å². The van der Waals surface area contributed by atoms with Gasteiger partial charge in [-0.1, -0.05) is 5.92 Å². The molecule has 0 aliphatic rings. The van der Waals surface area contributed by atoms with Crippen molar-refractivity contribution in [1.82, 2.24) is 10.3 Å². The number of aromatic nitrogens is 1. The molecule has 0 aromatic carbocycles. The molecule has 0 radical (unpaired) electrons. The lowest BCUT2D eigenvalue weighted by atomic mass is 10.1. The van der Waals surface area contributed by atoms with E-state index in [9.17, 15) is 9.90 Å². The lowest BCUT2D eigenvalue weighted by molar-refractivity contribution is 0.0922. The van der Waals surface area contributed by atoms with Gasteiger partial charge in [-0.15, -0.1) is 0 Å². The first kappa shape index (κ1) is 15.8. The van der Waals surface area contributed by atoms with Gasteiger partial charge in [-0.25, -0.2) is 0 Å². The number of nitrogens with zero attached hydrogens (tertiary/aromatic N) is 1. The fourth-order valence-electron chi connectivity index (χ4n) is 1.70. The third kappa shape index (κ3) is 4.76. The summed E-state index contributed by atoms with van der Waals surface area (Å²) in [6.45, 7) is 5.44. The maximum absolute atomic E-state index is 12.0. The second-order valence-corrected chi connectivity index (χ2v) is 5.48. The maximum Gasteiger partial charge on any atom is 0.287 e. The lowest BCUT2D eigenvalue weighted by Gasteiger charge is -2.05. The number of carbonyl (C=O) groups is 1. The van der Waals surface area contributed by atoms with Crippen molar-refractivity contribution in [3.63, 3.8) is 0 Å². The standard InChI is InChI=1S/C17H18N2O3/c1-12-7-9-18-13(10-12)11-19-16(20)15-5-4-14(22-15)6-8-17(2,3)21/h4-5,7,9-10,21H,11H2,1-3H3,(H,19,20). The molecule has 0 aliphatic carbocycles. The number of amides is 1. The highest BCUT2D eigenvalue weighted by atomic mass is 16.3. The van der Waals surface area contributed by atoms with Crippen LogP contribution in [0.5, 0.6) is 0 Å². The maximum atomic E-state index is 12.0. The highest BCUT2D eigenvalue weighted by Crippen LogP contribution is 2.08. The number of carbonyl (C=O) groups excluding carboxylic acids is 1. The van der Waals surface area contributed by atoms with Crippen molar-refractivity contribution in [1.29, 1.82) is 0 Å². The predicted octanol–water partition coefficient (Wildman–Crippen LogP) is 2.04. The van der Waals surface area contributed by atoms with Crippen LogP contribution in [0.25, 0.3) is 0 Å². The smallest absolute Gasteiger partial charge is 0.287 e. The molecule has 2 aromatic heterocycles. The molecular weight excluding hydrogens is 280 g/mol. The lowest BCUT2D eigenvalue weighted by Crippen LogP contribution is -2.22. The van der Waals surface area contributed by atoms with Gasteiger partial charge in [-0.3, -0.25) is 9.78 Å². The molecule has 5 heteroatoms. The van der Waals surface area contributed by atoms with Crippen LogP contribution in [-0.2, 0) is 6.54 Å². The average molecular weight is 298 g/mol. The quantitative estimate of drug-likeness (QED) is 0.850. The van der Waals surface area contributed by atoms with Crippen molar-refractivity contribution in [3.8, 4) is 11.8 Å². The van der Waals surface area contributed by atoms with Crippen LogP contribution >= 0.6 is 0 Å². The molecule has 114 valence electrons. The molecule has 2 heterocycles. The monoisotopic (exact) mass is 298 g/mol. The number of rotatable bonds is 3. The van der Waals surface area contributed by atoms with Crippen LogP contribution in [0.2, 0.25) is 0 Å². The Balaban J connectivity index is 1.98. The summed E-state index contributed by atoms with van der Waals surface area (Å²) in [7, 11) is 0. The van der Waals surface area contributed by atoms with Gasteiger partial charge in [0.25, 0.3) is 5.91 Å². The van der Waals surface area contributed by atoms with Crippen LogP contribution < -0.4 is 5.32 Å². The summed E-state index contributed by atoms with van der Waals surface area (Å²) in [5.41, 5.74) is 0.759. The molecular formula is C17H18N2O3. The minimum absolute atomic E-state index is 0.174. The summed E-state index contributed by atoms with van der Waals surface area (Å²) in [6.07, 6.45) is 1.70. The Kier molecular flexibility index (Phi) is 4.64. The van der Waals surface area contributed by atoms with Gasteiger partial charge in [-0.2, -0.15) is 0 Å². The number of furan rings is 1. The summed E-state index contributed by atoms with van der Waals surface area (Å²) in [4.78, 5) is 16.2. The van der Waals surface area contributed by atoms with E-state index in [0.717, 1.165) is 11.3 Å². The van der Waals surface area contributed by atoms with Crippen LogP contribution in [0.3, 0.4) is 0 Å². The van der Waals surface area contributed by atoms with Crippen LogP contribution in [-0.4, -0.2) is 21.6 Å². The first-order chi connectivity index (χ1) is 10.3. The average Bonchev–Trinajstić information content (AvgIpc) is 2.91. The van der Waals surface area contributed by atoms with E-state index < -0.39 is 5.60 Å². The number of nitrogens with one attached hydrogen (secondary N) is 1. The van der Waals surface area contributed by atoms with E-state index in [1.54, 1.807) is 32.2 Å². The third-order valence-electron chi connectivity index (χ3n) is 2.72. The molecule has 2 aromatic rings. The van der Waals surface area contributed by atoms with Gasteiger partial charge in [0, 0.05) is 6.20 Å². The second kappa shape index (κ2) is 6.46. The number of pyridine rings is 1. The van der Waals surface area contributed by atoms with Crippen LogP contribution in [0, 0.1) is 18.8 Å². The van der Waals surface area contributed by atoms with Gasteiger partial charge < -0.3 is 14.8 Å². The summed E-state index contributed by atoms with van der Waals surface area (Å²) in [5, 5.41) is 12.3. The first-order valence-corrected chi connectivity index (χ1v) is 6.88. The van der Waals surface area contributed by atoms with Crippen molar-refractivity contribution in [3.05, 3.63) is 53.2 Å². The normalized spacial score (nSPS) is 10.7. The summed E-state index contributed by atoms with van der Waals surface area (Å²) in [5.74, 6) is 5.48. The molecule has 0 saturated heterocycles. The summed E-state index contributed by atoms with van der Waals surface area (Å²) < 4.78 is 5.34. The van der Waals surface area contributed by atoms with Crippen molar-refractivity contribution in [2.45, 2.75) is 32.9 Å². The van der Waals surface area contributed by atoms with Gasteiger partial charge in [0.05, 0.1) is 12.2 Å². The molecule has 2 N–H and O–H groups in total. The fraction of sp³-hybridized carbons (Fsp3) is 0.294. The first-order valence-electron chi connectivity index (χ1n) is 6.88. The van der Waals surface area contributed by atoms with E-state index in [2.05, 4.69) is 22.1 Å². The molecule has 2 rings (SSSR count). The summed E-state index contributed by atoms with van der Waals surface area (Å²) >= 11 is 0. The highest BCUT2D eigenvalue weighted by molar-refractivity contribution is 5.91. The molecule has 0 atom stereocenters. The molecule has 0 fully saturated rings. The Bertz CT molecular complexity index is 730. The minimum atomic E-state index is -1.11. The van der Waals surface area contributed by atoms with Gasteiger partial charge in [0.15, 0.2) is 11.5 Å². The predicted molar refractivity (Wildman–Crippen MR) is 82.0 cm³/mol. The fourth-order valence-corrected chi connectivity index (χ4v) is 1.70. The Morgan fingerprint density at radius 3 is 2.86 bits per heavy atom. The molecule has 0 unspecified atom stereocenters. The van der Waals surface area contributed by atoms with E-state index in [1.807, 2.05) is 19.1 Å². The van der Waals surface area contributed by atoms with Crippen molar-refractivity contribution >= 4 is 5.91 Å². The molecule has 22 heavy (non-hydrogen) atoms. The van der Waals surface area contributed by atoms with Gasteiger partial charge in [0.1, 0.15) is 5.60 Å². The van der Waals surface area contributed by atoms with Gasteiger partial charge >= 0.3 is 0 Å². The number of hydrogen-bond donors (Lipinski definition) is 2. The Morgan fingerprint density at radius 1 is 1.41 bits per heavy atom. The zero-order valence-electron chi connectivity index (χ0n) is 12.8. The molecule has 1 amide bonds. The Morgan fingerprint density at radius 2 is 2.18 bits per heavy atom. The van der Waals surface area contributed by atoms with Crippen LogP contribution in [0.4, 0.5) is 0 Å². The second-order valence-electron chi connectivity index (χ2n) is 5.48. The van der Waals surface area contributed by atoms with E-state index >= 15 is 0 Å². The van der Waals surface area contributed by atoms with E-state index in [0.29, 0.717) is 12.3 Å². The van der Waals surface area contributed by atoms with Gasteiger partial charge in [0.2, 0.25) is 0 Å². The van der Waals surface area contributed by atoms with Gasteiger partial charge in [-0.05, 0) is 56.5 Å². The summed E-state index contributed by atoms with van der Waals surface area (Å²) in [6, 6.07) is 6.94. The van der Waals surface area contributed by atoms with E-state index in [1.165, 1.54) is 0 Å². The van der Waals surface area contributed by atoms with Crippen LogP contribution in [0.1, 0.15) is 41.4 Å². The largest absolute Gasteiger partial charge is 0.443 e. The SMILES string of the molecule is Cc1ccnc(CNC(=O)c2ccc(C#CC(C)(C)O)o2)c1. The van der Waals surface area contributed by atoms with E-state index in [-0.39, 0.29) is 11.7 Å². The zero-order valence-corrected chi connectivity index (χ0v) is 12.8. The van der Waals surface area contributed by atoms with Crippen LogP contribution in [0.15, 0.2) is 34.9 Å². The number of aliphatic hydroxyl groups is 1. The Labute approximate surface area is 129 Å². The molecule has 5 nitrogen and oxygen atoms in total. The molecule has 0 aliphatic heterocycles. The van der Waals surface area contributed by atoms with E-state index in [4.69, 9.17) is 4.42 Å². The molecule has 0 spiro atoms.